The monoisotopic (exact) mass is 216 g/mol. The van der Waals surface area contributed by atoms with Crippen molar-refractivity contribution < 1.29 is 12.9 Å². The zero-order valence-corrected chi connectivity index (χ0v) is 8.89. The molecule has 1 aromatic rings. The second kappa shape index (κ2) is 3.93. The minimum Gasteiger partial charge on any atom is -0.360 e. The molecule has 1 rings (SSSR count). The van der Waals surface area contributed by atoms with E-state index in [-0.39, 0.29) is 11.4 Å². The smallest absolute Gasteiger partial charge is 0.246 e. The number of nitrogens with one attached hydrogen (secondary N) is 1. The van der Waals surface area contributed by atoms with Gasteiger partial charge in [0.25, 0.3) is 0 Å². The Kier molecular flexibility index (Phi) is 3.07. The molecule has 0 bridgehead atoms. The van der Waals surface area contributed by atoms with Crippen molar-refractivity contribution in [1.82, 2.24) is 9.88 Å². The van der Waals surface area contributed by atoms with Gasteiger partial charge in [0.1, 0.15) is 10.6 Å². The van der Waals surface area contributed by atoms with Gasteiger partial charge in [0.2, 0.25) is 10.0 Å². The third kappa shape index (κ3) is 2.02. The fourth-order valence-electron chi connectivity index (χ4n) is 1.10. The van der Waals surface area contributed by atoms with Gasteiger partial charge >= 0.3 is 0 Å². The molecule has 0 amide bonds. The first-order valence-electron chi connectivity index (χ1n) is 4.02. The zero-order valence-electron chi connectivity index (χ0n) is 8.07. The van der Waals surface area contributed by atoms with Crippen LogP contribution < -0.4 is 4.72 Å². The van der Waals surface area contributed by atoms with Crippen LogP contribution in [-0.2, 0) is 10.0 Å². The van der Waals surface area contributed by atoms with Crippen molar-refractivity contribution in [2.45, 2.75) is 18.7 Å². The van der Waals surface area contributed by atoms with Gasteiger partial charge in [-0.3, -0.25) is 0 Å². The lowest BCUT2D eigenvalue weighted by Crippen LogP contribution is -2.24. The minimum atomic E-state index is -3.52. The average Bonchev–Trinajstić information content (AvgIpc) is 2.43. The first-order chi connectivity index (χ1) is 6.49. The highest BCUT2D eigenvalue weighted by atomic mass is 32.2. The first kappa shape index (κ1) is 10.9. The van der Waals surface area contributed by atoms with Crippen molar-refractivity contribution in [2.75, 3.05) is 6.54 Å². The van der Waals surface area contributed by atoms with Crippen LogP contribution in [0.2, 0.25) is 0 Å². The minimum absolute atomic E-state index is 0.111. The van der Waals surface area contributed by atoms with Crippen LogP contribution in [0.4, 0.5) is 0 Å². The summed E-state index contributed by atoms with van der Waals surface area (Å²) in [7, 11) is -3.52. The number of aryl methyl sites for hydroxylation is 2. The molecule has 1 aromatic heterocycles. The van der Waals surface area contributed by atoms with Gasteiger partial charge in [0.15, 0.2) is 5.76 Å². The predicted molar refractivity (Wildman–Crippen MR) is 51.4 cm³/mol. The van der Waals surface area contributed by atoms with Crippen molar-refractivity contribution in [2.24, 2.45) is 0 Å². The van der Waals surface area contributed by atoms with Crippen LogP contribution in [0.1, 0.15) is 11.5 Å². The molecule has 0 fully saturated rings. The Bertz CT molecular complexity index is 414. The number of rotatable bonds is 4. The summed E-state index contributed by atoms with van der Waals surface area (Å²) in [5.74, 6) is 0.291. The van der Waals surface area contributed by atoms with E-state index in [2.05, 4.69) is 16.5 Å². The van der Waals surface area contributed by atoms with E-state index in [1.165, 1.54) is 6.08 Å². The highest BCUT2D eigenvalue weighted by molar-refractivity contribution is 7.89. The Morgan fingerprint density at radius 1 is 1.57 bits per heavy atom. The quantitative estimate of drug-likeness (QED) is 0.754. The summed E-state index contributed by atoms with van der Waals surface area (Å²) in [6, 6.07) is 0. The molecule has 0 unspecified atom stereocenters. The molecule has 6 heteroatoms. The standard InChI is InChI=1S/C8H12N2O3S/c1-4-5-9-14(11,12)8-6(2)10-13-7(8)3/h4,9H,1,5H2,2-3H3. The molecule has 0 saturated carbocycles. The van der Waals surface area contributed by atoms with Crippen LogP contribution in [0.25, 0.3) is 0 Å². The van der Waals surface area contributed by atoms with Crippen molar-refractivity contribution in [3.63, 3.8) is 0 Å². The van der Waals surface area contributed by atoms with Gasteiger partial charge in [-0.05, 0) is 13.8 Å². The lowest BCUT2D eigenvalue weighted by atomic mass is 10.4. The van der Waals surface area contributed by atoms with E-state index in [4.69, 9.17) is 4.52 Å². The van der Waals surface area contributed by atoms with Gasteiger partial charge in [0, 0.05) is 6.54 Å². The maximum absolute atomic E-state index is 11.6. The zero-order chi connectivity index (χ0) is 10.8. The Labute approximate surface area is 82.8 Å². The van der Waals surface area contributed by atoms with E-state index in [0.717, 1.165) is 0 Å². The third-order valence-corrected chi connectivity index (χ3v) is 3.32. The predicted octanol–water partition coefficient (Wildman–Crippen LogP) is 0.756. The van der Waals surface area contributed by atoms with Crippen LogP contribution in [-0.4, -0.2) is 20.1 Å². The lowest BCUT2D eigenvalue weighted by Gasteiger charge is -2.02. The van der Waals surface area contributed by atoms with Gasteiger partial charge in [-0.2, -0.15) is 0 Å². The van der Waals surface area contributed by atoms with Gasteiger partial charge in [-0.25, -0.2) is 13.1 Å². The summed E-state index contributed by atoms with van der Waals surface area (Å²) in [5.41, 5.74) is 0.360. The molecule has 0 saturated heterocycles. The second-order valence-corrected chi connectivity index (χ2v) is 4.50. The summed E-state index contributed by atoms with van der Waals surface area (Å²) in [6.07, 6.45) is 1.47. The van der Waals surface area contributed by atoms with E-state index in [9.17, 15) is 8.42 Å². The maximum atomic E-state index is 11.6. The van der Waals surface area contributed by atoms with E-state index in [1.54, 1.807) is 13.8 Å². The van der Waals surface area contributed by atoms with Gasteiger partial charge in [0.05, 0.1) is 0 Å². The summed E-state index contributed by atoms with van der Waals surface area (Å²) >= 11 is 0. The molecular weight excluding hydrogens is 204 g/mol. The molecule has 1 heterocycles. The van der Waals surface area contributed by atoms with E-state index >= 15 is 0 Å². The molecule has 0 aromatic carbocycles. The van der Waals surface area contributed by atoms with Gasteiger partial charge < -0.3 is 4.52 Å². The molecule has 0 atom stereocenters. The molecule has 5 nitrogen and oxygen atoms in total. The number of hydrogen-bond donors (Lipinski definition) is 1. The van der Waals surface area contributed by atoms with Crippen molar-refractivity contribution in [3.8, 4) is 0 Å². The van der Waals surface area contributed by atoms with Crippen LogP contribution >= 0.6 is 0 Å². The number of hydrogen-bond acceptors (Lipinski definition) is 4. The Morgan fingerprint density at radius 3 is 2.64 bits per heavy atom. The van der Waals surface area contributed by atoms with E-state index < -0.39 is 10.0 Å². The largest absolute Gasteiger partial charge is 0.360 e. The van der Waals surface area contributed by atoms with Crippen molar-refractivity contribution in [3.05, 3.63) is 24.1 Å². The summed E-state index contributed by atoms with van der Waals surface area (Å²) in [4.78, 5) is 0.111. The normalized spacial score (nSPS) is 11.6. The average molecular weight is 216 g/mol. The van der Waals surface area contributed by atoms with E-state index in [1.807, 2.05) is 0 Å². The summed E-state index contributed by atoms with van der Waals surface area (Å²) in [6.45, 7) is 6.75. The molecule has 0 aliphatic heterocycles. The topological polar surface area (TPSA) is 72.2 Å². The van der Waals surface area contributed by atoms with E-state index in [0.29, 0.717) is 11.5 Å². The van der Waals surface area contributed by atoms with Crippen LogP contribution in [0, 0.1) is 13.8 Å². The van der Waals surface area contributed by atoms with Crippen molar-refractivity contribution in [1.29, 1.82) is 0 Å². The van der Waals surface area contributed by atoms with Crippen molar-refractivity contribution >= 4 is 10.0 Å². The third-order valence-electron chi connectivity index (χ3n) is 1.65. The number of nitrogens with zero attached hydrogens (tertiary/aromatic N) is 1. The lowest BCUT2D eigenvalue weighted by molar-refractivity contribution is 0.390. The maximum Gasteiger partial charge on any atom is 0.246 e. The van der Waals surface area contributed by atoms with Gasteiger partial charge in [-0.1, -0.05) is 11.2 Å². The van der Waals surface area contributed by atoms with Crippen LogP contribution in [0.3, 0.4) is 0 Å². The summed E-state index contributed by atoms with van der Waals surface area (Å²) < 4.78 is 30.4. The highest BCUT2D eigenvalue weighted by Crippen LogP contribution is 2.17. The van der Waals surface area contributed by atoms with Crippen LogP contribution in [0.15, 0.2) is 22.1 Å². The highest BCUT2D eigenvalue weighted by Gasteiger charge is 2.22. The van der Waals surface area contributed by atoms with Gasteiger partial charge in [-0.15, -0.1) is 6.58 Å². The fraction of sp³-hybridized carbons (Fsp3) is 0.375. The second-order valence-electron chi connectivity index (χ2n) is 2.79. The summed E-state index contributed by atoms with van der Waals surface area (Å²) in [5, 5.41) is 3.57. The SMILES string of the molecule is C=CCNS(=O)(=O)c1c(C)noc1C. The Hall–Kier alpha value is -1.14. The number of sulfonamides is 1. The molecule has 0 aliphatic carbocycles. The molecular formula is C8H12N2O3S. The Morgan fingerprint density at radius 2 is 2.21 bits per heavy atom. The molecule has 14 heavy (non-hydrogen) atoms. The molecule has 1 N–H and O–H groups in total. The molecule has 0 radical (unpaired) electrons. The molecule has 0 aliphatic rings. The first-order valence-corrected chi connectivity index (χ1v) is 5.51. The van der Waals surface area contributed by atoms with Crippen LogP contribution in [0.5, 0.6) is 0 Å². The fourth-order valence-corrected chi connectivity index (χ4v) is 2.42. The Balaban J connectivity index is 3.09. The molecule has 78 valence electrons. The molecule has 0 spiro atoms. The number of aromatic nitrogens is 1.